The molecule has 308 valence electrons. The Kier molecular flexibility index (Phi) is 11.1. The third-order valence-electron chi connectivity index (χ3n) is 14.6. The average molecular weight is 779 g/mol. The van der Waals surface area contributed by atoms with Crippen LogP contribution in [0.3, 0.4) is 0 Å². The fourth-order valence-corrected chi connectivity index (χ4v) is 11.0. The topological polar surface area (TPSA) is 242 Å². The highest BCUT2D eigenvalue weighted by atomic mass is 16.7. The molecule has 3 aliphatic heterocycles. The molecule has 8 N–H and O–H groups in total. The maximum Gasteiger partial charge on any atom is 0.334 e. The number of fused-ring (bicyclic) bond motifs is 5. The first kappa shape index (κ1) is 41.1. The molecule has 0 aromatic rings. The second-order valence-electron chi connectivity index (χ2n) is 17.6. The summed E-state index contributed by atoms with van der Waals surface area (Å²) in [6, 6.07) is 0. The molecule has 55 heavy (non-hydrogen) atoms. The third-order valence-corrected chi connectivity index (χ3v) is 14.6. The van der Waals surface area contributed by atoms with Crippen LogP contribution >= 0.6 is 0 Å². The number of ketones is 1. The van der Waals surface area contributed by atoms with E-state index >= 15 is 0 Å². The Labute approximate surface area is 320 Å². The molecule has 2 saturated heterocycles. The zero-order chi connectivity index (χ0) is 39.9. The van der Waals surface area contributed by atoms with Crippen molar-refractivity contribution in [3.05, 3.63) is 34.4 Å². The lowest BCUT2D eigenvalue weighted by Crippen LogP contribution is -2.62. The Morgan fingerprint density at radius 3 is 2.18 bits per heavy atom. The van der Waals surface area contributed by atoms with Crippen LogP contribution in [0.4, 0.5) is 0 Å². The standard InChI is InChI=1S/C40H58O15/c1-17-12-28(55-35(49)18(17)2)40(5,50)26-9-8-22-21-7-6-19-13-20(14-27(42)39(19,4)23(21)10-11-38(22,26)3)52-37-34(48)32(46)30(44)25(54-37)16-51-36-33(47)31(45)29(43)24(15-41)53-36/h6,8,20-21,23-26,28-34,36-37,41,43-48,50H,7,9-16H2,1-5H3/t20-,21+,23-,24-,25+,26+,28-,29+,30+,31-,32-,33+,34+,36-,37+,38-,39-,40+/m1/s1. The highest BCUT2D eigenvalue weighted by Crippen LogP contribution is 2.65. The SMILES string of the molecule is CC1=C(C)C(=O)O[C@@H]([C@@](C)(O)[C@H]2CC=C3[C@@H]4CC=C5C[C@@H](O[C@H]6O[C@@H](CO[C@@H]7O[C@H](CO)[C@H](O)[C@@H](O)[C@@H]7O)[C@H](O)[C@@H](O)[C@@H]6O)CC(=O)[C@@]5(C)[C@@H]4CC[C@]32C)C1. The van der Waals surface area contributed by atoms with Crippen molar-refractivity contribution in [2.75, 3.05) is 13.2 Å². The van der Waals surface area contributed by atoms with Gasteiger partial charge in [0.15, 0.2) is 12.6 Å². The molecule has 7 aliphatic rings. The minimum atomic E-state index is -1.71. The van der Waals surface area contributed by atoms with Crippen molar-refractivity contribution in [3.8, 4) is 0 Å². The van der Waals surface area contributed by atoms with Crippen LogP contribution in [0, 0.1) is 28.6 Å². The number of esters is 1. The fourth-order valence-electron chi connectivity index (χ4n) is 11.0. The van der Waals surface area contributed by atoms with E-state index < -0.39 is 97.8 Å². The van der Waals surface area contributed by atoms with Crippen molar-refractivity contribution in [1.29, 1.82) is 0 Å². The summed E-state index contributed by atoms with van der Waals surface area (Å²) in [7, 11) is 0. The predicted octanol–water partition coefficient (Wildman–Crippen LogP) is 0.0767. The van der Waals surface area contributed by atoms with Crippen LogP contribution in [-0.4, -0.2) is 145 Å². The van der Waals surface area contributed by atoms with Crippen LogP contribution < -0.4 is 0 Å². The quantitative estimate of drug-likeness (QED) is 0.120. The molecule has 3 heterocycles. The lowest BCUT2D eigenvalue weighted by Gasteiger charge is -2.57. The van der Waals surface area contributed by atoms with E-state index in [0.717, 1.165) is 24.0 Å². The molecule has 0 radical (unpaired) electrons. The van der Waals surface area contributed by atoms with Crippen LogP contribution in [0.2, 0.25) is 0 Å². The van der Waals surface area contributed by atoms with Gasteiger partial charge in [0.1, 0.15) is 66.3 Å². The molecule has 0 aromatic carbocycles. The number of carbonyl (C=O) groups is 2. The minimum absolute atomic E-state index is 0.00409. The maximum atomic E-state index is 14.3. The molecule has 2 saturated carbocycles. The Morgan fingerprint density at radius 2 is 1.51 bits per heavy atom. The molecular weight excluding hydrogens is 720 g/mol. The summed E-state index contributed by atoms with van der Waals surface area (Å²) >= 11 is 0. The molecule has 4 fully saturated rings. The minimum Gasteiger partial charge on any atom is -0.456 e. The van der Waals surface area contributed by atoms with Crippen molar-refractivity contribution in [2.45, 2.75) is 159 Å². The summed E-state index contributed by atoms with van der Waals surface area (Å²) < 4.78 is 28.7. The molecule has 18 atom stereocenters. The van der Waals surface area contributed by atoms with Crippen molar-refractivity contribution in [1.82, 2.24) is 0 Å². The number of carbonyl (C=O) groups excluding carboxylic acids is 2. The first-order valence-electron chi connectivity index (χ1n) is 19.6. The van der Waals surface area contributed by atoms with Gasteiger partial charge in [0.2, 0.25) is 0 Å². The second-order valence-corrected chi connectivity index (χ2v) is 17.6. The van der Waals surface area contributed by atoms with Crippen LogP contribution in [0.5, 0.6) is 0 Å². The van der Waals surface area contributed by atoms with E-state index in [0.29, 0.717) is 31.3 Å². The Morgan fingerprint density at radius 1 is 0.855 bits per heavy atom. The summed E-state index contributed by atoms with van der Waals surface area (Å²) in [6.07, 6.45) is -8.63. The summed E-state index contributed by atoms with van der Waals surface area (Å²) in [5.74, 6) is -0.432. The smallest absolute Gasteiger partial charge is 0.334 e. The average Bonchev–Trinajstić information content (AvgIpc) is 3.51. The van der Waals surface area contributed by atoms with Gasteiger partial charge in [-0.15, -0.1) is 0 Å². The van der Waals surface area contributed by atoms with Crippen LogP contribution in [-0.2, 0) is 33.3 Å². The van der Waals surface area contributed by atoms with E-state index in [1.807, 2.05) is 13.8 Å². The number of ether oxygens (including phenoxy) is 5. The molecule has 0 amide bonds. The molecule has 15 nitrogen and oxygen atoms in total. The maximum absolute atomic E-state index is 14.3. The Hall–Kier alpha value is -2.12. The summed E-state index contributed by atoms with van der Waals surface area (Å²) in [5.41, 5.74) is 1.36. The summed E-state index contributed by atoms with van der Waals surface area (Å²) in [5, 5.41) is 84.3. The van der Waals surface area contributed by atoms with Gasteiger partial charge in [-0.3, -0.25) is 4.79 Å². The highest BCUT2D eigenvalue weighted by Gasteiger charge is 2.62. The van der Waals surface area contributed by atoms with E-state index in [1.165, 1.54) is 5.57 Å². The van der Waals surface area contributed by atoms with E-state index in [2.05, 4.69) is 19.1 Å². The van der Waals surface area contributed by atoms with Gasteiger partial charge in [-0.1, -0.05) is 35.8 Å². The number of aliphatic hydroxyl groups is 8. The van der Waals surface area contributed by atoms with Gasteiger partial charge in [-0.05, 0) is 77.0 Å². The lowest BCUT2D eigenvalue weighted by molar-refractivity contribution is -0.336. The number of hydrogen-bond acceptors (Lipinski definition) is 15. The molecule has 7 rings (SSSR count). The van der Waals surface area contributed by atoms with Gasteiger partial charge in [-0.25, -0.2) is 4.79 Å². The second kappa shape index (κ2) is 14.9. The van der Waals surface area contributed by atoms with E-state index in [-0.39, 0.29) is 41.3 Å². The number of hydrogen-bond donors (Lipinski definition) is 8. The molecule has 0 aromatic heterocycles. The zero-order valence-electron chi connectivity index (χ0n) is 32.1. The molecule has 0 spiro atoms. The van der Waals surface area contributed by atoms with Crippen LogP contribution in [0.1, 0.15) is 79.6 Å². The van der Waals surface area contributed by atoms with E-state index in [1.54, 1.807) is 13.8 Å². The number of rotatable bonds is 8. The monoisotopic (exact) mass is 778 g/mol. The number of cyclic esters (lactones) is 1. The van der Waals surface area contributed by atoms with Crippen LogP contribution in [0.25, 0.3) is 0 Å². The largest absolute Gasteiger partial charge is 0.456 e. The van der Waals surface area contributed by atoms with Gasteiger partial charge >= 0.3 is 5.97 Å². The number of allylic oxidation sites excluding steroid dienone is 3. The molecule has 0 unspecified atom stereocenters. The van der Waals surface area contributed by atoms with E-state index in [9.17, 15) is 50.4 Å². The summed E-state index contributed by atoms with van der Waals surface area (Å²) in [6.45, 7) is 8.52. The number of Topliss-reactive ketones (excluding diaryl/α,β-unsaturated/α-hetero) is 1. The lowest BCUT2D eigenvalue weighted by atomic mass is 9.47. The molecular formula is C40H58O15. The van der Waals surface area contributed by atoms with Gasteiger partial charge in [-0.2, -0.15) is 0 Å². The Balaban J connectivity index is 1.02. The molecule has 15 heteroatoms. The summed E-state index contributed by atoms with van der Waals surface area (Å²) in [4.78, 5) is 26.9. The third kappa shape index (κ3) is 6.69. The molecule has 4 aliphatic carbocycles. The normalized spacial score (nSPS) is 48.6. The van der Waals surface area contributed by atoms with Gasteiger partial charge < -0.3 is 64.5 Å². The zero-order valence-corrected chi connectivity index (χ0v) is 32.1. The number of aliphatic hydroxyl groups excluding tert-OH is 7. The highest BCUT2D eigenvalue weighted by molar-refractivity contribution is 5.90. The predicted molar refractivity (Wildman–Crippen MR) is 190 cm³/mol. The van der Waals surface area contributed by atoms with Gasteiger partial charge in [0, 0.05) is 24.3 Å². The molecule has 0 bridgehead atoms. The first-order valence-corrected chi connectivity index (χ1v) is 19.6. The van der Waals surface area contributed by atoms with Gasteiger partial charge in [0.25, 0.3) is 0 Å². The van der Waals surface area contributed by atoms with Crippen molar-refractivity contribution < 1.29 is 74.1 Å². The van der Waals surface area contributed by atoms with Crippen molar-refractivity contribution in [3.63, 3.8) is 0 Å². The van der Waals surface area contributed by atoms with E-state index in [4.69, 9.17) is 23.7 Å². The first-order chi connectivity index (χ1) is 25.8. The van der Waals surface area contributed by atoms with Crippen molar-refractivity contribution >= 4 is 11.8 Å². The van der Waals surface area contributed by atoms with Gasteiger partial charge in [0.05, 0.1) is 24.7 Å². The van der Waals surface area contributed by atoms with Crippen molar-refractivity contribution in [2.24, 2.45) is 28.6 Å². The fraction of sp³-hybridized carbons (Fsp3) is 0.800. The van der Waals surface area contributed by atoms with Crippen LogP contribution in [0.15, 0.2) is 34.4 Å². The Bertz CT molecular complexity index is 1600.